The van der Waals surface area contributed by atoms with Gasteiger partial charge in [0.25, 0.3) is 0 Å². The summed E-state index contributed by atoms with van der Waals surface area (Å²) in [4.78, 5) is 0. The van der Waals surface area contributed by atoms with E-state index in [-0.39, 0.29) is 0 Å². The normalized spacial score (nSPS) is 18.2. The number of alkyl halides is 3. The molecule has 0 bridgehead atoms. The molecule has 1 aromatic carbocycles. The smallest absolute Gasteiger partial charge is 0.393 e. The molecule has 17 heavy (non-hydrogen) atoms. The average Bonchev–Trinajstić information content (AvgIpc) is 2.99. The molecular weight excluding hydrogens is 245 g/mol. The quantitative estimate of drug-likeness (QED) is 0.598. The molecule has 0 aliphatic heterocycles. The molecule has 5 heteroatoms. The topological polar surface area (TPSA) is 9.23 Å². The number of rotatable bonds is 3. The van der Waals surface area contributed by atoms with Crippen molar-refractivity contribution in [2.75, 3.05) is 0 Å². The van der Waals surface area contributed by atoms with Crippen molar-refractivity contribution in [2.24, 2.45) is 0 Å². The van der Waals surface area contributed by atoms with E-state index in [1.807, 2.05) is 30.3 Å². The molecule has 0 spiro atoms. The summed E-state index contributed by atoms with van der Waals surface area (Å²) in [7, 11) is -2.54. The van der Waals surface area contributed by atoms with E-state index in [0.29, 0.717) is 0 Å². The Bertz CT molecular complexity index is 431. The van der Waals surface area contributed by atoms with Crippen molar-refractivity contribution in [3.05, 3.63) is 42.5 Å². The zero-order valence-electron chi connectivity index (χ0n) is 9.58. The predicted octanol–water partition coefficient (Wildman–Crippen LogP) is 2.99. The Balaban J connectivity index is 2.19. The molecule has 0 unspecified atom stereocenters. The summed E-state index contributed by atoms with van der Waals surface area (Å²) in [6.07, 6.45) is -2.21. The van der Waals surface area contributed by atoms with Gasteiger partial charge in [-0.3, -0.25) is 0 Å². The maximum Gasteiger partial charge on any atom is 0.423 e. The lowest BCUT2D eigenvalue weighted by molar-refractivity contribution is -0.200. The number of hydrogen-bond acceptors (Lipinski definition) is 1. The molecule has 1 aromatic rings. The molecule has 92 valence electrons. The lowest BCUT2D eigenvalue weighted by atomic mass is 10.3. The van der Waals surface area contributed by atoms with Crippen LogP contribution in [-0.2, 0) is 4.43 Å². The molecule has 0 heterocycles. The van der Waals surface area contributed by atoms with Crippen molar-refractivity contribution in [1.29, 1.82) is 0 Å². The Kier molecular flexibility index (Phi) is 2.70. The van der Waals surface area contributed by atoms with E-state index < -0.39 is 20.1 Å². The van der Waals surface area contributed by atoms with Crippen molar-refractivity contribution in [1.82, 2.24) is 0 Å². The van der Waals surface area contributed by atoms with Gasteiger partial charge < -0.3 is 4.43 Å². The van der Waals surface area contributed by atoms with Gasteiger partial charge in [-0.05, 0) is 30.4 Å². The molecule has 0 atom stereocenters. The molecule has 2 rings (SSSR count). The molecule has 1 nitrogen and oxygen atoms in total. The van der Waals surface area contributed by atoms with Crippen LogP contribution >= 0.6 is 0 Å². The standard InChI is InChI=1S/C12H13F3OSi/c1-17(2,10-6-4-3-5-7-10)16-11(8-9-11)12(13,14)15/h3-9H,1-2H3. The van der Waals surface area contributed by atoms with E-state index in [4.69, 9.17) is 4.43 Å². The average molecular weight is 258 g/mol. The highest BCUT2D eigenvalue weighted by Crippen LogP contribution is 2.45. The van der Waals surface area contributed by atoms with Gasteiger partial charge in [0.05, 0.1) is 0 Å². The molecule has 0 saturated heterocycles. The highest BCUT2D eigenvalue weighted by molar-refractivity contribution is 6.84. The maximum absolute atomic E-state index is 12.8. The van der Waals surface area contributed by atoms with E-state index in [2.05, 4.69) is 0 Å². The highest BCUT2D eigenvalue weighted by Gasteiger charge is 2.61. The van der Waals surface area contributed by atoms with Crippen LogP contribution in [0, 0.1) is 0 Å². The Morgan fingerprint density at radius 2 is 1.59 bits per heavy atom. The minimum Gasteiger partial charge on any atom is -0.393 e. The van der Waals surface area contributed by atoms with Crippen LogP contribution in [-0.4, -0.2) is 20.1 Å². The van der Waals surface area contributed by atoms with Crippen LogP contribution in [0.1, 0.15) is 0 Å². The van der Waals surface area contributed by atoms with E-state index in [1.165, 1.54) is 0 Å². The summed E-state index contributed by atoms with van der Waals surface area (Å²) in [5.41, 5.74) is -2.11. The fourth-order valence-electron chi connectivity index (χ4n) is 1.71. The fourth-order valence-corrected chi connectivity index (χ4v) is 3.92. The van der Waals surface area contributed by atoms with Crippen LogP contribution in [0.15, 0.2) is 42.5 Å². The summed E-state index contributed by atoms with van der Waals surface area (Å²) >= 11 is 0. The van der Waals surface area contributed by atoms with E-state index in [1.54, 1.807) is 13.1 Å². The first kappa shape index (κ1) is 12.4. The van der Waals surface area contributed by atoms with Crippen molar-refractivity contribution >= 4 is 13.5 Å². The second-order valence-electron chi connectivity index (χ2n) is 4.60. The molecule has 1 aliphatic rings. The fraction of sp³-hybridized carbons (Fsp3) is 0.333. The summed E-state index contributed by atoms with van der Waals surface area (Å²) in [5, 5.41) is 0.859. The first-order valence-electron chi connectivity index (χ1n) is 5.30. The first-order chi connectivity index (χ1) is 7.77. The van der Waals surface area contributed by atoms with Crippen LogP contribution in [0.3, 0.4) is 0 Å². The second kappa shape index (κ2) is 3.71. The molecule has 0 N–H and O–H groups in total. The van der Waals surface area contributed by atoms with Gasteiger partial charge in [0.1, 0.15) is 0 Å². The predicted molar refractivity (Wildman–Crippen MR) is 62.6 cm³/mol. The SMILES string of the molecule is C[Si](C)(OC1(C(F)(F)F)C=C1)c1ccccc1. The van der Waals surface area contributed by atoms with Crippen LogP contribution in [0.25, 0.3) is 0 Å². The zero-order chi connectivity index (χ0) is 12.7. The van der Waals surface area contributed by atoms with Gasteiger partial charge >= 0.3 is 6.18 Å². The summed E-state index contributed by atoms with van der Waals surface area (Å²) in [5.74, 6) is 0. The van der Waals surface area contributed by atoms with E-state index >= 15 is 0 Å². The number of halogens is 3. The van der Waals surface area contributed by atoms with Crippen LogP contribution in [0.2, 0.25) is 13.1 Å². The Hall–Kier alpha value is -1.07. The molecule has 0 radical (unpaired) electrons. The van der Waals surface area contributed by atoms with Crippen LogP contribution < -0.4 is 5.19 Å². The van der Waals surface area contributed by atoms with Gasteiger partial charge in [-0.25, -0.2) is 0 Å². The lowest BCUT2D eigenvalue weighted by Crippen LogP contribution is -2.52. The third kappa shape index (κ3) is 2.30. The number of benzene rings is 1. The third-order valence-corrected chi connectivity index (χ3v) is 5.38. The van der Waals surface area contributed by atoms with Crippen molar-refractivity contribution in [2.45, 2.75) is 24.9 Å². The monoisotopic (exact) mass is 258 g/mol. The highest BCUT2D eigenvalue weighted by atomic mass is 28.4. The van der Waals surface area contributed by atoms with E-state index in [0.717, 1.165) is 17.3 Å². The molecular formula is C12H13F3OSi. The Labute approximate surface area is 99.0 Å². The van der Waals surface area contributed by atoms with Crippen LogP contribution in [0.5, 0.6) is 0 Å². The largest absolute Gasteiger partial charge is 0.423 e. The van der Waals surface area contributed by atoms with Gasteiger partial charge in [-0.2, -0.15) is 13.2 Å². The zero-order valence-corrected chi connectivity index (χ0v) is 10.6. The second-order valence-corrected chi connectivity index (χ2v) is 8.40. The van der Waals surface area contributed by atoms with Crippen molar-refractivity contribution in [3.8, 4) is 0 Å². The molecule has 0 amide bonds. The maximum atomic E-state index is 12.8. The summed E-state index contributed by atoms with van der Waals surface area (Å²) in [6, 6.07) is 9.10. The van der Waals surface area contributed by atoms with Gasteiger partial charge in [0.2, 0.25) is 8.32 Å². The molecule has 0 saturated carbocycles. The first-order valence-corrected chi connectivity index (χ1v) is 8.20. The Morgan fingerprint density at radius 3 is 2.00 bits per heavy atom. The van der Waals surface area contributed by atoms with Gasteiger partial charge in [0.15, 0.2) is 5.60 Å². The molecule has 0 fully saturated rings. The molecule has 1 aliphatic carbocycles. The lowest BCUT2D eigenvalue weighted by Gasteiger charge is -2.31. The summed E-state index contributed by atoms with van der Waals surface area (Å²) in [6.45, 7) is 3.55. The van der Waals surface area contributed by atoms with E-state index in [9.17, 15) is 13.2 Å². The third-order valence-electron chi connectivity index (χ3n) is 2.81. The van der Waals surface area contributed by atoms with Crippen LogP contribution in [0.4, 0.5) is 13.2 Å². The van der Waals surface area contributed by atoms with Crippen molar-refractivity contribution < 1.29 is 17.6 Å². The summed E-state index contributed by atoms with van der Waals surface area (Å²) < 4.78 is 43.7. The molecule has 0 aromatic heterocycles. The minimum atomic E-state index is -4.36. The van der Waals surface area contributed by atoms with Gasteiger partial charge in [-0.1, -0.05) is 30.3 Å². The van der Waals surface area contributed by atoms with Crippen molar-refractivity contribution in [3.63, 3.8) is 0 Å². The van der Waals surface area contributed by atoms with Gasteiger partial charge in [-0.15, -0.1) is 0 Å². The number of hydrogen-bond donors (Lipinski definition) is 0. The van der Waals surface area contributed by atoms with Gasteiger partial charge in [0, 0.05) is 0 Å². The minimum absolute atomic E-state index is 0.859. The Morgan fingerprint density at radius 1 is 1.06 bits per heavy atom.